The molecule has 0 saturated heterocycles. The van der Waals surface area contributed by atoms with Gasteiger partial charge in [-0.05, 0) is 30.2 Å². The van der Waals surface area contributed by atoms with Gasteiger partial charge in [0.15, 0.2) is 0 Å². The van der Waals surface area contributed by atoms with Crippen LogP contribution in [0.25, 0.3) is 0 Å². The molecule has 0 aliphatic rings. The fraction of sp³-hybridized carbons (Fsp3) is 0.222. The number of hydrogen-bond acceptors (Lipinski definition) is 1. The number of primary amides is 1. The largest absolute Gasteiger partial charge is 0.366 e. The molecule has 0 spiro atoms. The van der Waals surface area contributed by atoms with Crippen LogP contribution in [-0.2, 0) is 6.42 Å². The number of benzene rings is 1. The highest BCUT2D eigenvalue weighted by molar-refractivity contribution is 6.31. The summed E-state index contributed by atoms with van der Waals surface area (Å²) in [6.07, 6.45) is 0.848. The lowest BCUT2D eigenvalue weighted by Gasteiger charge is -2.00. The van der Waals surface area contributed by atoms with Gasteiger partial charge in [0, 0.05) is 10.6 Å². The Balaban J connectivity index is 3.15. The van der Waals surface area contributed by atoms with E-state index in [1.54, 1.807) is 12.1 Å². The average molecular weight is 184 g/mol. The second-order valence-corrected chi connectivity index (χ2v) is 3.00. The van der Waals surface area contributed by atoms with Gasteiger partial charge < -0.3 is 5.73 Å². The molecular weight excluding hydrogens is 174 g/mol. The van der Waals surface area contributed by atoms with Crippen molar-refractivity contribution in [2.24, 2.45) is 5.73 Å². The first-order valence-corrected chi connectivity index (χ1v) is 4.10. The normalized spacial score (nSPS) is 9.83. The van der Waals surface area contributed by atoms with Crippen molar-refractivity contribution in [3.8, 4) is 0 Å². The summed E-state index contributed by atoms with van der Waals surface area (Å²) in [5, 5.41) is 0.558. The van der Waals surface area contributed by atoms with Crippen molar-refractivity contribution in [1.82, 2.24) is 0 Å². The number of hydrogen-bond donors (Lipinski definition) is 1. The van der Waals surface area contributed by atoms with E-state index < -0.39 is 5.91 Å². The fourth-order valence-electron chi connectivity index (χ4n) is 0.997. The van der Waals surface area contributed by atoms with Gasteiger partial charge >= 0.3 is 0 Å². The highest BCUT2D eigenvalue weighted by atomic mass is 35.5. The van der Waals surface area contributed by atoms with Gasteiger partial charge in [-0.15, -0.1) is 0 Å². The molecule has 0 fully saturated rings. The minimum absolute atomic E-state index is 0.438. The summed E-state index contributed by atoms with van der Waals surface area (Å²) >= 11 is 5.77. The molecule has 0 bridgehead atoms. The third kappa shape index (κ3) is 1.98. The molecule has 0 unspecified atom stereocenters. The van der Waals surface area contributed by atoms with Crippen LogP contribution in [0, 0.1) is 0 Å². The lowest BCUT2D eigenvalue weighted by Crippen LogP contribution is -2.11. The highest BCUT2D eigenvalue weighted by Gasteiger charge is 2.02. The first kappa shape index (κ1) is 9.07. The number of halogens is 1. The summed E-state index contributed by atoms with van der Waals surface area (Å²) in [5.74, 6) is -0.438. The molecule has 3 heteroatoms. The first-order chi connectivity index (χ1) is 5.63. The Hall–Kier alpha value is -1.02. The van der Waals surface area contributed by atoms with Crippen LogP contribution in [0.1, 0.15) is 22.8 Å². The smallest absolute Gasteiger partial charge is 0.248 e. The number of carbonyl (C=O) groups excluding carboxylic acids is 1. The maximum atomic E-state index is 10.8. The molecule has 64 valence electrons. The van der Waals surface area contributed by atoms with Gasteiger partial charge in [0.25, 0.3) is 0 Å². The molecule has 2 nitrogen and oxygen atoms in total. The number of rotatable bonds is 2. The third-order valence-electron chi connectivity index (χ3n) is 1.65. The van der Waals surface area contributed by atoms with Crippen LogP contribution < -0.4 is 5.73 Å². The monoisotopic (exact) mass is 183 g/mol. The molecule has 0 saturated carbocycles. The highest BCUT2D eigenvalue weighted by Crippen LogP contribution is 2.15. The Labute approximate surface area is 76.3 Å². The van der Waals surface area contributed by atoms with Crippen LogP contribution in [0.4, 0.5) is 0 Å². The van der Waals surface area contributed by atoms with E-state index in [0.717, 1.165) is 12.0 Å². The Morgan fingerprint density at radius 3 is 2.67 bits per heavy atom. The molecule has 1 rings (SSSR count). The van der Waals surface area contributed by atoms with Crippen molar-refractivity contribution >= 4 is 17.5 Å². The van der Waals surface area contributed by atoms with E-state index >= 15 is 0 Å². The van der Waals surface area contributed by atoms with Crippen molar-refractivity contribution in [2.45, 2.75) is 13.3 Å². The Bertz CT molecular complexity index is 309. The molecule has 2 N–H and O–H groups in total. The van der Waals surface area contributed by atoms with Gasteiger partial charge in [-0.3, -0.25) is 4.79 Å². The molecule has 1 amide bonds. The Morgan fingerprint density at radius 1 is 1.50 bits per heavy atom. The standard InChI is InChI=1S/C9H10ClNO/c1-2-6-3-7(9(11)12)5-8(10)4-6/h3-5H,2H2,1H3,(H2,11,12). The fourth-order valence-corrected chi connectivity index (χ4v) is 1.25. The maximum absolute atomic E-state index is 10.8. The lowest BCUT2D eigenvalue weighted by molar-refractivity contribution is 0.1000. The predicted molar refractivity (Wildman–Crippen MR) is 49.3 cm³/mol. The first-order valence-electron chi connectivity index (χ1n) is 3.72. The number of amides is 1. The number of carbonyl (C=O) groups is 1. The molecule has 0 aliphatic heterocycles. The quantitative estimate of drug-likeness (QED) is 0.749. The Kier molecular flexibility index (Phi) is 2.71. The summed E-state index contributed by atoms with van der Waals surface area (Å²) in [6, 6.07) is 5.16. The van der Waals surface area contributed by atoms with Crippen molar-refractivity contribution < 1.29 is 4.79 Å². The van der Waals surface area contributed by atoms with Crippen LogP contribution in [0.2, 0.25) is 5.02 Å². The van der Waals surface area contributed by atoms with E-state index in [1.807, 2.05) is 13.0 Å². The van der Waals surface area contributed by atoms with Crippen LogP contribution in [0.3, 0.4) is 0 Å². The van der Waals surface area contributed by atoms with Gasteiger partial charge in [-0.2, -0.15) is 0 Å². The summed E-state index contributed by atoms with van der Waals surface area (Å²) in [7, 11) is 0. The van der Waals surface area contributed by atoms with Crippen LogP contribution >= 0.6 is 11.6 Å². The summed E-state index contributed by atoms with van der Waals surface area (Å²) in [4.78, 5) is 10.8. The van der Waals surface area contributed by atoms with Crippen molar-refractivity contribution in [1.29, 1.82) is 0 Å². The average Bonchev–Trinajstić information content (AvgIpc) is 2.03. The molecule has 1 aromatic rings. The predicted octanol–water partition coefficient (Wildman–Crippen LogP) is 2.00. The van der Waals surface area contributed by atoms with Crippen LogP contribution in [0.15, 0.2) is 18.2 Å². The second kappa shape index (κ2) is 3.59. The zero-order chi connectivity index (χ0) is 9.14. The van der Waals surface area contributed by atoms with Crippen molar-refractivity contribution in [2.75, 3.05) is 0 Å². The Morgan fingerprint density at radius 2 is 2.17 bits per heavy atom. The topological polar surface area (TPSA) is 43.1 Å². The zero-order valence-electron chi connectivity index (χ0n) is 6.80. The second-order valence-electron chi connectivity index (χ2n) is 2.57. The van der Waals surface area contributed by atoms with Crippen LogP contribution in [-0.4, -0.2) is 5.91 Å². The number of aryl methyl sites for hydroxylation is 1. The molecule has 0 heterocycles. The van der Waals surface area contributed by atoms with Gasteiger partial charge in [0.2, 0.25) is 5.91 Å². The van der Waals surface area contributed by atoms with Crippen molar-refractivity contribution in [3.63, 3.8) is 0 Å². The number of nitrogens with two attached hydrogens (primary N) is 1. The van der Waals surface area contributed by atoms with Crippen LogP contribution in [0.5, 0.6) is 0 Å². The van der Waals surface area contributed by atoms with E-state index in [9.17, 15) is 4.79 Å². The van der Waals surface area contributed by atoms with E-state index in [0.29, 0.717) is 10.6 Å². The van der Waals surface area contributed by atoms with Gasteiger partial charge in [0.05, 0.1) is 0 Å². The molecule has 0 aliphatic carbocycles. The third-order valence-corrected chi connectivity index (χ3v) is 1.87. The maximum Gasteiger partial charge on any atom is 0.248 e. The lowest BCUT2D eigenvalue weighted by atomic mass is 10.1. The molecule has 0 atom stereocenters. The van der Waals surface area contributed by atoms with Crippen molar-refractivity contribution in [3.05, 3.63) is 34.3 Å². The molecule has 1 aromatic carbocycles. The summed E-state index contributed by atoms with van der Waals surface area (Å²) < 4.78 is 0. The summed E-state index contributed by atoms with van der Waals surface area (Å²) in [5.41, 5.74) is 6.60. The molecule has 12 heavy (non-hydrogen) atoms. The summed E-state index contributed by atoms with van der Waals surface area (Å²) in [6.45, 7) is 2.00. The van der Waals surface area contributed by atoms with E-state index in [1.165, 1.54) is 0 Å². The minimum Gasteiger partial charge on any atom is -0.366 e. The zero-order valence-corrected chi connectivity index (χ0v) is 7.56. The SMILES string of the molecule is CCc1cc(Cl)cc(C(N)=O)c1. The molecule has 0 radical (unpaired) electrons. The van der Waals surface area contributed by atoms with Gasteiger partial charge in [-0.1, -0.05) is 18.5 Å². The van der Waals surface area contributed by atoms with Gasteiger partial charge in [0.1, 0.15) is 0 Å². The van der Waals surface area contributed by atoms with Gasteiger partial charge in [-0.25, -0.2) is 0 Å². The van der Waals surface area contributed by atoms with E-state index in [4.69, 9.17) is 17.3 Å². The minimum atomic E-state index is -0.438. The van der Waals surface area contributed by atoms with E-state index in [-0.39, 0.29) is 0 Å². The molecule has 0 aromatic heterocycles. The van der Waals surface area contributed by atoms with E-state index in [2.05, 4.69) is 0 Å². The molecular formula is C9H10ClNO.